The Labute approximate surface area is 217 Å². The zero-order chi connectivity index (χ0) is 26.4. The predicted molar refractivity (Wildman–Crippen MR) is 137 cm³/mol. The minimum atomic E-state index is -3.66. The number of aliphatic hydroxyl groups is 1. The van der Waals surface area contributed by atoms with E-state index in [-0.39, 0.29) is 48.1 Å². The molecule has 4 aromatic rings. The Bertz CT molecular complexity index is 1590. The van der Waals surface area contributed by atoms with Gasteiger partial charge in [0.2, 0.25) is 0 Å². The Balaban J connectivity index is 1.27. The van der Waals surface area contributed by atoms with Gasteiger partial charge in [0, 0.05) is 24.2 Å². The van der Waals surface area contributed by atoms with Crippen molar-refractivity contribution in [2.75, 3.05) is 13.1 Å². The number of aryl methyl sites for hydroxylation is 1. The topological polar surface area (TPSA) is 87.6 Å². The largest absolute Gasteiger partial charge is 0.385 e. The molecule has 0 radical (unpaired) electrons. The van der Waals surface area contributed by atoms with Crippen molar-refractivity contribution in [2.24, 2.45) is 0 Å². The van der Waals surface area contributed by atoms with Crippen LogP contribution in [0.4, 0.5) is 8.78 Å². The SMILES string of the molecule is Cc1nc2c(S(=O)(=O)Cc3ccc(C(=O)N4CCC(O)(c5cccc(F)c5F)CC4)cc3)cccc2s1. The summed E-state index contributed by atoms with van der Waals surface area (Å²) in [6, 6.07) is 15.2. The van der Waals surface area contributed by atoms with Crippen molar-refractivity contribution in [3.8, 4) is 0 Å². The summed E-state index contributed by atoms with van der Waals surface area (Å²) in [6.07, 6.45) is 0.133. The van der Waals surface area contributed by atoms with Crippen molar-refractivity contribution in [2.45, 2.75) is 36.0 Å². The van der Waals surface area contributed by atoms with E-state index in [2.05, 4.69) is 4.98 Å². The zero-order valence-electron chi connectivity index (χ0n) is 19.9. The van der Waals surface area contributed by atoms with Gasteiger partial charge in [-0.05, 0) is 55.7 Å². The fraction of sp³-hybridized carbons (Fsp3) is 0.259. The Morgan fingerprint density at radius 1 is 1.05 bits per heavy atom. The number of halogens is 2. The fourth-order valence-electron chi connectivity index (χ4n) is 4.72. The van der Waals surface area contributed by atoms with Crippen molar-refractivity contribution in [1.29, 1.82) is 0 Å². The van der Waals surface area contributed by atoms with Gasteiger partial charge in [-0.2, -0.15) is 0 Å². The van der Waals surface area contributed by atoms with E-state index in [0.717, 1.165) is 15.8 Å². The molecule has 1 amide bonds. The Morgan fingerprint density at radius 2 is 1.73 bits per heavy atom. The number of hydrogen-bond acceptors (Lipinski definition) is 6. The van der Waals surface area contributed by atoms with Crippen LogP contribution >= 0.6 is 11.3 Å². The molecular formula is C27H24F2N2O4S2. The van der Waals surface area contributed by atoms with Gasteiger partial charge in [-0.3, -0.25) is 4.79 Å². The highest BCUT2D eigenvalue weighted by Crippen LogP contribution is 2.35. The number of sulfone groups is 1. The third-order valence-corrected chi connectivity index (χ3v) is 9.36. The predicted octanol–water partition coefficient (Wildman–Crippen LogP) is 4.98. The maximum absolute atomic E-state index is 14.2. The number of para-hydroxylation sites is 1. The third-order valence-electron chi connectivity index (χ3n) is 6.71. The van der Waals surface area contributed by atoms with Crippen LogP contribution in [0.25, 0.3) is 10.2 Å². The number of benzene rings is 3. The molecule has 0 spiro atoms. The first kappa shape index (κ1) is 25.4. The van der Waals surface area contributed by atoms with Crippen LogP contribution in [-0.2, 0) is 21.2 Å². The highest BCUT2D eigenvalue weighted by atomic mass is 32.2. The van der Waals surface area contributed by atoms with E-state index < -0.39 is 27.1 Å². The molecule has 0 atom stereocenters. The van der Waals surface area contributed by atoms with E-state index in [0.29, 0.717) is 16.6 Å². The molecule has 0 aliphatic carbocycles. The molecule has 1 N–H and O–H groups in total. The van der Waals surface area contributed by atoms with Crippen molar-refractivity contribution in [1.82, 2.24) is 9.88 Å². The molecule has 3 aromatic carbocycles. The molecule has 1 saturated heterocycles. The first-order valence-corrected chi connectivity index (χ1v) is 14.2. The van der Waals surface area contributed by atoms with Crippen molar-refractivity contribution in [3.05, 3.63) is 94.0 Å². The Kier molecular flexibility index (Phi) is 6.59. The van der Waals surface area contributed by atoms with Crippen molar-refractivity contribution < 1.29 is 27.1 Å². The van der Waals surface area contributed by atoms with Crippen LogP contribution in [-0.4, -0.2) is 42.4 Å². The lowest BCUT2D eigenvalue weighted by atomic mass is 9.84. The summed E-state index contributed by atoms with van der Waals surface area (Å²) in [5, 5.41) is 11.7. The summed E-state index contributed by atoms with van der Waals surface area (Å²) in [7, 11) is -3.66. The van der Waals surface area contributed by atoms with Gasteiger partial charge in [-0.1, -0.05) is 30.3 Å². The summed E-state index contributed by atoms with van der Waals surface area (Å²) < 4.78 is 54.9. The minimum Gasteiger partial charge on any atom is -0.385 e. The van der Waals surface area contributed by atoms with Crippen LogP contribution < -0.4 is 0 Å². The van der Waals surface area contributed by atoms with Crippen molar-refractivity contribution >= 4 is 37.3 Å². The maximum Gasteiger partial charge on any atom is 0.253 e. The van der Waals surface area contributed by atoms with Gasteiger partial charge in [0.25, 0.3) is 5.91 Å². The van der Waals surface area contributed by atoms with Crippen LogP contribution in [0, 0.1) is 18.6 Å². The number of likely N-dealkylation sites (tertiary alicyclic amines) is 1. The molecule has 37 heavy (non-hydrogen) atoms. The summed E-state index contributed by atoms with van der Waals surface area (Å²) in [5.74, 6) is -2.60. The highest BCUT2D eigenvalue weighted by molar-refractivity contribution is 7.90. The summed E-state index contributed by atoms with van der Waals surface area (Å²) in [6.45, 7) is 2.16. The number of piperidine rings is 1. The molecule has 1 aromatic heterocycles. The molecule has 5 rings (SSSR count). The number of carbonyl (C=O) groups is 1. The number of carbonyl (C=O) groups excluding carboxylic acids is 1. The standard InChI is InChI=1S/C27H24F2N2O4S2/c1-17-30-25-22(36-17)6-3-7-23(25)37(34,35)16-18-8-10-19(11-9-18)26(32)31-14-12-27(33,13-15-31)20-4-2-5-21(28)24(20)29/h2-11,33H,12-16H2,1H3. The molecule has 0 unspecified atom stereocenters. The maximum atomic E-state index is 14.2. The van der Waals surface area contributed by atoms with Crippen LogP contribution in [0.3, 0.4) is 0 Å². The first-order chi connectivity index (χ1) is 17.6. The zero-order valence-corrected chi connectivity index (χ0v) is 21.6. The van der Waals surface area contributed by atoms with E-state index in [9.17, 15) is 27.1 Å². The molecule has 0 saturated carbocycles. The number of aromatic nitrogens is 1. The fourth-order valence-corrected chi connectivity index (χ4v) is 7.16. The van der Waals surface area contributed by atoms with Gasteiger partial charge >= 0.3 is 0 Å². The minimum absolute atomic E-state index is 0.0665. The van der Waals surface area contributed by atoms with E-state index in [1.165, 1.54) is 23.5 Å². The average Bonchev–Trinajstić information content (AvgIpc) is 3.26. The number of thiazole rings is 1. The number of nitrogens with zero attached hydrogens (tertiary/aromatic N) is 2. The number of rotatable bonds is 5. The normalized spacial score (nSPS) is 15.7. The number of amides is 1. The Morgan fingerprint density at radius 3 is 2.43 bits per heavy atom. The Hall–Kier alpha value is -3.21. The van der Waals surface area contributed by atoms with Gasteiger partial charge in [-0.25, -0.2) is 22.2 Å². The van der Waals surface area contributed by atoms with Crippen LogP contribution in [0.1, 0.15) is 39.3 Å². The molecular weight excluding hydrogens is 518 g/mol. The van der Waals surface area contributed by atoms with Gasteiger partial charge < -0.3 is 10.0 Å². The van der Waals surface area contributed by atoms with E-state index in [1.807, 2.05) is 13.0 Å². The van der Waals surface area contributed by atoms with Crippen LogP contribution in [0.15, 0.2) is 65.6 Å². The lowest BCUT2D eigenvalue weighted by Gasteiger charge is -2.38. The second-order valence-corrected chi connectivity index (χ2v) is 12.4. The van der Waals surface area contributed by atoms with Crippen LogP contribution in [0.2, 0.25) is 0 Å². The van der Waals surface area contributed by atoms with Crippen LogP contribution in [0.5, 0.6) is 0 Å². The summed E-state index contributed by atoms with van der Waals surface area (Å²) >= 11 is 1.44. The molecule has 0 bridgehead atoms. The molecule has 2 heterocycles. The quantitative estimate of drug-likeness (QED) is 0.384. The third kappa shape index (κ3) is 4.88. The summed E-state index contributed by atoms with van der Waals surface area (Å²) in [5.41, 5.74) is -0.274. The molecule has 192 valence electrons. The summed E-state index contributed by atoms with van der Waals surface area (Å²) in [4.78, 5) is 19.1. The van der Waals surface area contributed by atoms with E-state index in [1.54, 1.807) is 41.3 Å². The van der Waals surface area contributed by atoms with Gasteiger partial charge in [0.1, 0.15) is 5.52 Å². The number of hydrogen-bond donors (Lipinski definition) is 1. The molecule has 1 aliphatic rings. The monoisotopic (exact) mass is 542 g/mol. The second-order valence-electron chi connectivity index (χ2n) is 9.22. The molecule has 1 fully saturated rings. The highest BCUT2D eigenvalue weighted by Gasteiger charge is 2.38. The van der Waals surface area contributed by atoms with E-state index in [4.69, 9.17) is 0 Å². The molecule has 1 aliphatic heterocycles. The van der Waals surface area contributed by atoms with E-state index >= 15 is 0 Å². The average molecular weight is 543 g/mol. The number of fused-ring (bicyclic) bond motifs is 1. The lowest BCUT2D eigenvalue weighted by Crippen LogP contribution is -2.45. The van der Waals surface area contributed by atoms with Gasteiger partial charge in [0.05, 0.1) is 26.0 Å². The lowest BCUT2D eigenvalue weighted by molar-refractivity contribution is -0.0240. The molecule has 6 nitrogen and oxygen atoms in total. The second kappa shape index (κ2) is 9.59. The first-order valence-electron chi connectivity index (χ1n) is 11.7. The van der Waals surface area contributed by atoms with Crippen molar-refractivity contribution in [3.63, 3.8) is 0 Å². The van der Waals surface area contributed by atoms with Gasteiger partial charge in [-0.15, -0.1) is 11.3 Å². The van der Waals surface area contributed by atoms with Gasteiger partial charge in [0.15, 0.2) is 21.5 Å². The molecule has 10 heteroatoms. The smallest absolute Gasteiger partial charge is 0.253 e.